The summed E-state index contributed by atoms with van der Waals surface area (Å²) < 4.78 is 6.89. The van der Waals surface area contributed by atoms with Crippen LogP contribution in [0.15, 0.2) is 53.2 Å². The van der Waals surface area contributed by atoms with Crippen molar-refractivity contribution < 1.29 is 4.63 Å². The molecule has 2 aromatic carbocycles. The van der Waals surface area contributed by atoms with Crippen molar-refractivity contribution >= 4 is 16.9 Å². The van der Waals surface area contributed by atoms with Crippen molar-refractivity contribution in [2.45, 2.75) is 6.54 Å². The Labute approximate surface area is 143 Å². The van der Waals surface area contributed by atoms with Gasteiger partial charge in [-0.1, -0.05) is 30.3 Å². The zero-order chi connectivity index (χ0) is 17.2. The molecule has 122 valence electrons. The summed E-state index contributed by atoms with van der Waals surface area (Å²) >= 11 is 0. The van der Waals surface area contributed by atoms with Crippen molar-refractivity contribution in [2.75, 3.05) is 12.4 Å². The fourth-order valence-electron chi connectivity index (χ4n) is 2.85. The summed E-state index contributed by atoms with van der Waals surface area (Å²) in [7, 11) is 1.75. The second kappa shape index (κ2) is 6.09. The van der Waals surface area contributed by atoms with E-state index in [0.717, 1.165) is 16.6 Å². The molecule has 0 fully saturated rings. The van der Waals surface area contributed by atoms with Crippen LogP contribution in [0.2, 0.25) is 0 Å². The number of nitriles is 1. The Morgan fingerprint density at radius 1 is 1.12 bits per heavy atom. The van der Waals surface area contributed by atoms with Crippen molar-refractivity contribution in [1.29, 1.82) is 5.26 Å². The first-order chi connectivity index (χ1) is 12.3. The summed E-state index contributed by atoms with van der Waals surface area (Å²) in [6.07, 6.45) is 0. The minimum Gasteiger partial charge on any atom is -0.368 e. The molecule has 0 unspecified atom stereocenters. The molecule has 1 N–H and O–H groups in total. The van der Waals surface area contributed by atoms with E-state index in [9.17, 15) is 5.26 Å². The average molecular weight is 330 g/mol. The Hall–Kier alpha value is -3.66. The van der Waals surface area contributed by atoms with Crippen LogP contribution in [-0.4, -0.2) is 26.9 Å². The number of hydrogen-bond acceptors (Lipinski definition) is 6. The molecule has 7 heteroatoms. The normalized spacial score (nSPS) is 10.7. The molecule has 2 aromatic heterocycles. The van der Waals surface area contributed by atoms with Crippen molar-refractivity contribution in [3.63, 3.8) is 0 Å². The number of benzene rings is 2. The Morgan fingerprint density at radius 2 is 1.92 bits per heavy atom. The molecule has 0 saturated carbocycles. The Balaban J connectivity index is 1.93. The van der Waals surface area contributed by atoms with E-state index in [4.69, 9.17) is 9.61 Å². The van der Waals surface area contributed by atoms with Gasteiger partial charge in [-0.25, -0.2) is 9.61 Å². The second-order valence-electron chi connectivity index (χ2n) is 5.49. The number of hydrogen-bond donors (Lipinski definition) is 1. The maximum Gasteiger partial charge on any atom is 0.201 e. The van der Waals surface area contributed by atoms with E-state index in [-0.39, 0.29) is 0 Å². The monoisotopic (exact) mass is 330 g/mol. The molecule has 0 amide bonds. The molecule has 0 saturated heterocycles. The minimum atomic E-state index is 0.496. The predicted octanol–water partition coefficient (Wildman–Crippen LogP) is 3.05. The number of fused-ring (bicyclic) bond motifs is 1. The van der Waals surface area contributed by atoms with Crippen molar-refractivity contribution in [2.24, 2.45) is 0 Å². The topological polar surface area (TPSA) is 92.6 Å². The molecule has 0 spiro atoms. The quantitative estimate of drug-likeness (QED) is 0.618. The molecule has 7 nitrogen and oxygen atoms in total. The minimum absolute atomic E-state index is 0.496. The van der Waals surface area contributed by atoms with Gasteiger partial charge in [0.1, 0.15) is 0 Å². The van der Waals surface area contributed by atoms with Crippen LogP contribution in [0, 0.1) is 11.3 Å². The summed E-state index contributed by atoms with van der Waals surface area (Å²) in [5.41, 5.74) is 3.88. The first-order valence-corrected chi connectivity index (χ1v) is 7.75. The molecule has 0 bridgehead atoms. The maximum atomic E-state index is 9.37. The van der Waals surface area contributed by atoms with Crippen molar-refractivity contribution in [3.8, 4) is 17.6 Å². The smallest absolute Gasteiger partial charge is 0.201 e. The summed E-state index contributed by atoms with van der Waals surface area (Å²) in [6, 6.07) is 17.6. The number of nitrogens with one attached hydrogen (secondary N) is 1. The van der Waals surface area contributed by atoms with Gasteiger partial charge in [-0.05, 0) is 34.1 Å². The summed E-state index contributed by atoms with van der Waals surface area (Å²) in [6.45, 7) is 0.496. The van der Waals surface area contributed by atoms with E-state index >= 15 is 0 Å². The number of nitrogens with zero attached hydrogens (tertiary/aromatic N) is 5. The highest BCUT2D eigenvalue weighted by atomic mass is 16.6. The standard InChI is InChI=1S/C18H14N6O/c1-20-17-16(22-25-23-17)18-21-14-8-4-5-9-15(14)24(18)11-13-7-3-2-6-12(13)10-19/h2-9H,11H2,1H3,(H,20,23). The number of rotatable bonds is 4. The zero-order valence-electron chi connectivity index (χ0n) is 13.5. The lowest BCUT2D eigenvalue weighted by atomic mass is 10.1. The van der Waals surface area contributed by atoms with Crippen LogP contribution in [0.4, 0.5) is 5.82 Å². The third kappa shape index (κ3) is 2.50. The molecular weight excluding hydrogens is 316 g/mol. The van der Waals surface area contributed by atoms with E-state index in [0.29, 0.717) is 29.4 Å². The van der Waals surface area contributed by atoms with Crippen LogP contribution in [0.25, 0.3) is 22.6 Å². The summed E-state index contributed by atoms with van der Waals surface area (Å²) in [5, 5.41) is 20.2. The largest absolute Gasteiger partial charge is 0.368 e. The molecule has 4 rings (SSSR count). The van der Waals surface area contributed by atoms with Crippen LogP contribution in [0.3, 0.4) is 0 Å². The summed E-state index contributed by atoms with van der Waals surface area (Å²) in [5.74, 6) is 1.16. The van der Waals surface area contributed by atoms with Gasteiger partial charge in [0.2, 0.25) is 5.82 Å². The maximum absolute atomic E-state index is 9.37. The molecular formula is C18H14N6O. The number of aromatic nitrogens is 4. The average Bonchev–Trinajstić information content (AvgIpc) is 3.26. The predicted molar refractivity (Wildman–Crippen MR) is 92.8 cm³/mol. The van der Waals surface area contributed by atoms with E-state index < -0.39 is 0 Å². The molecule has 4 aromatic rings. The lowest BCUT2D eigenvalue weighted by Gasteiger charge is -2.09. The van der Waals surface area contributed by atoms with Crippen molar-refractivity contribution in [1.82, 2.24) is 19.9 Å². The fraction of sp³-hybridized carbons (Fsp3) is 0.111. The van der Waals surface area contributed by atoms with Crippen LogP contribution < -0.4 is 5.32 Å². The Morgan fingerprint density at radius 3 is 2.76 bits per heavy atom. The van der Waals surface area contributed by atoms with Gasteiger partial charge in [0, 0.05) is 7.05 Å². The molecule has 0 radical (unpaired) electrons. The van der Waals surface area contributed by atoms with Gasteiger partial charge >= 0.3 is 0 Å². The fourth-order valence-corrected chi connectivity index (χ4v) is 2.85. The summed E-state index contributed by atoms with van der Waals surface area (Å²) in [4.78, 5) is 4.69. The SMILES string of the molecule is CNc1nonc1-c1nc2ccccc2n1Cc1ccccc1C#N. The molecule has 2 heterocycles. The third-order valence-corrected chi connectivity index (χ3v) is 4.06. The van der Waals surface area contributed by atoms with Crippen LogP contribution >= 0.6 is 0 Å². The van der Waals surface area contributed by atoms with Gasteiger partial charge < -0.3 is 9.88 Å². The Kier molecular flexibility index (Phi) is 3.63. The highest BCUT2D eigenvalue weighted by Gasteiger charge is 2.20. The van der Waals surface area contributed by atoms with Gasteiger partial charge in [-0.3, -0.25) is 0 Å². The van der Waals surface area contributed by atoms with Gasteiger partial charge in [-0.15, -0.1) is 0 Å². The molecule has 0 atom stereocenters. The van der Waals surface area contributed by atoms with Gasteiger partial charge in [-0.2, -0.15) is 5.26 Å². The molecule has 25 heavy (non-hydrogen) atoms. The first-order valence-electron chi connectivity index (χ1n) is 7.75. The van der Waals surface area contributed by atoms with Crippen LogP contribution in [0.5, 0.6) is 0 Å². The van der Waals surface area contributed by atoms with E-state index in [1.54, 1.807) is 7.05 Å². The number of imidazole rings is 1. The second-order valence-corrected chi connectivity index (χ2v) is 5.49. The highest BCUT2D eigenvalue weighted by Crippen LogP contribution is 2.28. The van der Waals surface area contributed by atoms with E-state index in [1.807, 2.05) is 53.1 Å². The van der Waals surface area contributed by atoms with Gasteiger partial charge in [0.05, 0.1) is 29.2 Å². The highest BCUT2D eigenvalue weighted by molar-refractivity contribution is 5.82. The number of para-hydroxylation sites is 2. The Bertz CT molecular complexity index is 1090. The lowest BCUT2D eigenvalue weighted by molar-refractivity contribution is 0.310. The third-order valence-electron chi connectivity index (χ3n) is 4.06. The zero-order valence-corrected chi connectivity index (χ0v) is 13.5. The first kappa shape index (κ1) is 14.9. The van der Waals surface area contributed by atoms with Gasteiger partial charge in [0.25, 0.3) is 0 Å². The van der Waals surface area contributed by atoms with Crippen LogP contribution in [-0.2, 0) is 6.54 Å². The van der Waals surface area contributed by atoms with Crippen molar-refractivity contribution in [3.05, 3.63) is 59.7 Å². The molecule has 0 aliphatic rings. The molecule has 0 aliphatic heterocycles. The number of anilines is 1. The lowest BCUT2D eigenvalue weighted by Crippen LogP contribution is -2.05. The van der Waals surface area contributed by atoms with Crippen LogP contribution in [0.1, 0.15) is 11.1 Å². The van der Waals surface area contributed by atoms with E-state index in [2.05, 4.69) is 21.7 Å². The van der Waals surface area contributed by atoms with Gasteiger partial charge in [0.15, 0.2) is 11.5 Å². The van der Waals surface area contributed by atoms with E-state index in [1.165, 1.54) is 0 Å². The molecule has 0 aliphatic carbocycles.